The lowest BCUT2D eigenvalue weighted by Crippen LogP contribution is -1.90. The number of aryl methyl sites for hydroxylation is 1. The third-order valence-corrected chi connectivity index (χ3v) is 2.07. The number of allylic oxidation sites excluding steroid dienone is 1. The minimum absolute atomic E-state index is 0.622. The van der Waals surface area contributed by atoms with Crippen LogP contribution in [0.3, 0.4) is 0 Å². The van der Waals surface area contributed by atoms with E-state index in [1.807, 2.05) is 25.1 Å². The summed E-state index contributed by atoms with van der Waals surface area (Å²) in [7, 11) is 1.63. The van der Waals surface area contributed by atoms with E-state index in [1.54, 1.807) is 13.2 Å². The molecule has 15 heavy (non-hydrogen) atoms. The number of hydrogen-bond acceptors (Lipinski definition) is 2. The summed E-state index contributed by atoms with van der Waals surface area (Å²) in [5.74, 6) is -0.0683. The van der Waals surface area contributed by atoms with Gasteiger partial charge in [-0.25, -0.2) is 4.79 Å². The van der Waals surface area contributed by atoms with E-state index in [2.05, 4.69) is 0 Å². The van der Waals surface area contributed by atoms with Crippen LogP contribution in [0.4, 0.5) is 0 Å². The van der Waals surface area contributed by atoms with Gasteiger partial charge in [-0.1, -0.05) is 18.2 Å². The van der Waals surface area contributed by atoms with E-state index in [9.17, 15) is 4.79 Å². The molecule has 0 amide bonds. The lowest BCUT2D eigenvalue weighted by atomic mass is 10.1. The van der Waals surface area contributed by atoms with Crippen LogP contribution in [0.5, 0.6) is 5.75 Å². The van der Waals surface area contributed by atoms with Crippen LogP contribution in [0.2, 0.25) is 0 Å². The van der Waals surface area contributed by atoms with Crippen LogP contribution < -0.4 is 4.74 Å². The maximum absolute atomic E-state index is 10.3. The third-order valence-electron chi connectivity index (χ3n) is 2.07. The van der Waals surface area contributed by atoms with Crippen molar-refractivity contribution in [3.05, 3.63) is 41.5 Å². The Morgan fingerprint density at radius 2 is 2.27 bits per heavy atom. The molecule has 0 aliphatic carbocycles. The fourth-order valence-electron chi connectivity index (χ4n) is 1.36. The highest BCUT2D eigenvalue weighted by Gasteiger charge is 1.98. The second kappa shape index (κ2) is 5.20. The first-order valence-corrected chi connectivity index (χ1v) is 4.66. The van der Waals surface area contributed by atoms with Crippen molar-refractivity contribution in [1.82, 2.24) is 0 Å². The Balaban J connectivity index is 2.71. The average molecular weight is 206 g/mol. The highest BCUT2D eigenvalue weighted by atomic mass is 16.5. The first kappa shape index (κ1) is 11.3. The Bertz CT molecular complexity index is 380. The highest BCUT2D eigenvalue weighted by molar-refractivity contribution is 5.79. The number of benzene rings is 1. The highest BCUT2D eigenvalue weighted by Crippen LogP contribution is 2.18. The zero-order valence-electron chi connectivity index (χ0n) is 8.86. The molecular weight excluding hydrogens is 192 g/mol. The molecule has 0 saturated carbocycles. The van der Waals surface area contributed by atoms with Crippen LogP contribution in [0.25, 0.3) is 0 Å². The SMILES string of the molecule is COc1ccc(C/C=C/C(=O)O)cc1C. The number of carboxylic acids is 1. The Hall–Kier alpha value is -1.77. The third kappa shape index (κ3) is 3.46. The van der Waals surface area contributed by atoms with Gasteiger partial charge >= 0.3 is 5.97 Å². The van der Waals surface area contributed by atoms with Gasteiger partial charge in [-0.05, 0) is 30.5 Å². The van der Waals surface area contributed by atoms with Crippen molar-refractivity contribution >= 4 is 5.97 Å². The van der Waals surface area contributed by atoms with Gasteiger partial charge in [0.2, 0.25) is 0 Å². The number of carbonyl (C=O) groups is 1. The van der Waals surface area contributed by atoms with E-state index < -0.39 is 5.97 Å². The van der Waals surface area contributed by atoms with E-state index in [0.29, 0.717) is 6.42 Å². The van der Waals surface area contributed by atoms with Gasteiger partial charge in [0.15, 0.2) is 0 Å². The molecule has 0 spiro atoms. The van der Waals surface area contributed by atoms with E-state index >= 15 is 0 Å². The quantitative estimate of drug-likeness (QED) is 0.768. The maximum Gasteiger partial charge on any atom is 0.327 e. The Labute approximate surface area is 89.0 Å². The fourth-order valence-corrected chi connectivity index (χ4v) is 1.36. The lowest BCUT2D eigenvalue weighted by molar-refractivity contribution is -0.131. The summed E-state index contributed by atoms with van der Waals surface area (Å²) in [6.45, 7) is 1.96. The monoisotopic (exact) mass is 206 g/mol. The first-order valence-electron chi connectivity index (χ1n) is 4.66. The Morgan fingerprint density at radius 3 is 2.80 bits per heavy atom. The van der Waals surface area contributed by atoms with Gasteiger partial charge in [0, 0.05) is 6.08 Å². The molecule has 0 radical (unpaired) electrons. The molecular formula is C12H14O3. The van der Waals surface area contributed by atoms with Crippen molar-refractivity contribution in [1.29, 1.82) is 0 Å². The van der Waals surface area contributed by atoms with Gasteiger partial charge < -0.3 is 9.84 Å². The van der Waals surface area contributed by atoms with Crippen molar-refractivity contribution in [2.24, 2.45) is 0 Å². The molecule has 0 saturated heterocycles. The van der Waals surface area contributed by atoms with Crippen molar-refractivity contribution in [2.45, 2.75) is 13.3 Å². The van der Waals surface area contributed by atoms with E-state index in [-0.39, 0.29) is 0 Å². The van der Waals surface area contributed by atoms with Gasteiger partial charge in [-0.3, -0.25) is 0 Å². The Kier molecular flexibility index (Phi) is 3.92. The largest absolute Gasteiger partial charge is 0.496 e. The number of hydrogen-bond donors (Lipinski definition) is 1. The minimum atomic E-state index is -0.916. The maximum atomic E-state index is 10.3. The molecule has 0 aliphatic rings. The summed E-state index contributed by atoms with van der Waals surface area (Å²) >= 11 is 0. The predicted octanol–water partition coefficient (Wildman–Crippen LogP) is 2.19. The first-order chi connectivity index (χ1) is 7.13. The number of carboxylic acid groups (broad SMARTS) is 1. The molecule has 80 valence electrons. The molecule has 0 heterocycles. The summed E-state index contributed by atoms with van der Waals surface area (Å²) in [5.41, 5.74) is 2.13. The summed E-state index contributed by atoms with van der Waals surface area (Å²) in [6.07, 6.45) is 3.40. The summed E-state index contributed by atoms with van der Waals surface area (Å²) < 4.78 is 5.13. The van der Waals surface area contributed by atoms with Gasteiger partial charge in [0.05, 0.1) is 7.11 Å². The molecule has 0 aliphatic heterocycles. The number of methoxy groups -OCH3 is 1. The zero-order chi connectivity index (χ0) is 11.3. The van der Waals surface area contributed by atoms with Crippen LogP contribution in [0, 0.1) is 6.92 Å². The Morgan fingerprint density at radius 1 is 1.53 bits per heavy atom. The summed E-state index contributed by atoms with van der Waals surface area (Å²) in [6, 6.07) is 5.81. The standard InChI is InChI=1S/C12H14O3/c1-9-8-10(4-3-5-12(13)14)6-7-11(9)15-2/h3,5-8H,4H2,1-2H3,(H,13,14)/b5-3+. The molecule has 1 N–H and O–H groups in total. The topological polar surface area (TPSA) is 46.5 Å². The van der Waals surface area contributed by atoms with Crippen LogP contribution in [-0.4, -0.2) is 18.2 Å². The molecule has 0 bridgehead atoms. The minimum Gasteiger partial charge on any atom is -0.496 e. The van der Waals surface area contributed by atoms with E-state index in [0.717, 1.165) is 23.0 Å². The fraction of sp³-hybridized carbons (Fsp3) is 0.250. The second-order valence-electron chi connectivity index (χ2n) is 3.25. The number of rotatable bonds is 4. The van der Waals surface area contributed by atoms with Crippen LogP contribution in [0.15, 0.2) is 30.4 Å². The van der Waals surface area contributed by atoms with Gasteiger partial charge in [-0.2, -0.15) is 0 Å². The van der Waals surface area contributed by atoms with Crippen molar-refractivity contribution in [2.75, 3.05) is 7.11 Å². The zero-order valence-corrected chi connectivity index (χ0v) is 8.86. The van der Waals surface area contributed by atoms with Crippen molar-refractivity contribution < 1.29 is 14.6 Å². The summed E-state index contributed by atoms with van der Waals surface area (Å²) in [5, 5.41) is 8.42. The molecule has 0 unspecified atom stereocenters. The van der Waals surface area contributed by atoms with Crippen LogP contribution in [0.1, 0.15) is 11.1 Å². The van der Waals surface area contributed by atoms with Gasteiger partial charge in [-0.15, -0.1) is 0 Å². The van der Waals surface area contributed by atoms with Crippen LogP contribution in [-0.2, 0) is 11.2 Å². The predicted molar refractivity (Wildman–Crippen MR) is 58.2 cm³/mol. The lowest BCUT2D eigenvalue weighted by Gasteiger charge is -2.05. The van der Waals surface area contributed by atoms with Gasteiger partial charge in [0.1, 0.15) is 5.75 Å². The number of aliphatic carboxylic acids is 1. The smallest absolute Gasteiger partial charge is 0.327 e. The molecule has 0 atom stereocenters. The molecule has 1 aromatic rings. The molecule has 0 aromatic heterocycles. The molecule has 3 heteroatoms. The second-order valence-corrected chi connectivity index (χ2v) is 3.25. The van der Waals surface area contributed by atoms with Crippen molar-refractivity contribution in [3.63, 3.8) is 0 Å². The molecule has 1 aromatic carbocycles. The molecule has 0 fully saturated rings. The number of ether oxygens (including phenoxy) is 1. The van der Waals surface area contributed by atoms with Crippen LogP contribution >= 0.6 is 0 Å². The summed E-state index contributed by atoms with van der Waals surface area (Å²) in [4.78, 5) is 10.3. The van der Waals surface area contributed by atoms with E-state index in [1.165, 1.54) is 0 Å². The normalized spacial score (nSPS) is 10.5. The molecule has 1 rings (SSSR count). The molecule has 3 nitrogen and oxygen atoms in total. The van der Waals surface area contributed by atoms with Crippen molar-refractivity contribution in [3.8, 4) is 5.75 Å². The van der Waals surface area contributed by atoms with E-state index in [4.69, 9.17) is 9.84 Å². The average Bonchev–Trinajstić information content (AvgIpc) is 2.17. The van der Waals surface area contributed by atoms with Gasteiger partial charge in [0.25, 0.3) is 0 Å².